The van der Waals surface area contributed by atoms with Crippen LogP contribution in [0.2, 0.25) is 0 Å². The van der Waals surface area contributed by atoms with E-state index >= 15 is 0 Å². The van der Waals surface area contributed by atoms with Gasteiger partial charge in [0, 0.05) is 37.4 Å². The fourth-order valence-corrected chi connectivity index (χ4v) is 8.35. The van der Waals surface area contributed by atoms with Crippen molar-refractivity contribution in [3.8, 4) is 5.75 Å². The summed E-state index contributed by atoms with van der Waals surface area (Å²) in [7, 11) is 1.67. The molecule has 3 aromatic rings. The first-order chi connectivity index (χ1) is 22.7. The summed E-state index contributed by atoms with van der Waals surface area (Å²) < 4.78 is 11.4. The van der Waals surface area contributed by atoms with E-state index < -0.39 is 0 Å². The second kappa shape index (κ2) is 16.6. The van der Waals surface area contributed by atoms with Crippen molar-refractivity contribution in [1.82, 2.24) is 14.8 Å². The smallest absolute Gasteiger partial charge is 0.323 e. The fraction of sp³-hybridized carbons (Fsp3) is 0.550. The number of hydrogen-bond donors (Lipinski definition) is 0. The van der Waals surface area contributed by atoms with Crippen molar-refractivity contribution in [2.45, 2.75) is 82.8 Å². The molecule has 2 aliphatic heterocycles. The van der Waals surface area contributed by atoms with Crippen LogP contribution in [0.15, 0.2) is 79.0 Å². The van der Waals surface area contributed by atoms with Crippen LogP contribution in [-0.2, 0) is 22.6 Å². The molecule has 6 rings (SSSR count). The van der Waals surface area contributed by atoms with Crippen LogP contribution >= 0.6 is 0 Å². The summed E-state index contributed by atoms with van der Waals surface area (Å²) in [5.41, 5.74) is 3.63. The Bertz CT molecular complexity index is 1320. The highest BCUT2D eigenvalue weighted by Crippen LogP contribution is 2.39. The number of piperidine rings is 1. The third kappa shape index (κ3) is 8.77. The zero-order valence-corrected chi connectivity index (χ0v) is 27.8. The Morgan fingerprint density at radius 2 is 1.65 bits per heavy atom. The lowest BCUT2D eigenvalue weighted by Crippen LogP contribution is -2.47. The van der Waals surface area contributed by atoms with Crippen LogP contribution in [0, 0.1) is 17.8 Å². The zero-order valence-electron chi connectivity index (χ0n) is 27.8. The number of pyridine rings is 1. The molecule has 246 valence electrons. The predicted molar refractivity (Wildman–Crippen MR) is 184 cm³/mol. The van der Waals surface area contributed by atoms with Crippen LogP contribution in [0.25, 0.3) is 0 Å². The number of ether oxygens (including phenoxy) is 2. The Hall–Kier alpha value is -3.22. The molecule has 3 fully saturated rings. The van der Waals surface area contributed by atoms with Crippen molar-refractivity contribution < 1.29 is 14.3 Å². The molecule has 3 heterocycles. The number of nitrogens with zero attached hydrogens (tertiary/aromatic N) is 3. The van der Waals surface area contributed by atoms with E-state index in [1.165, 1.54) is 69.3 Å². The molecule has 0 N–H and O–H groups in total. The SMILES string of the molecule is COc1ccc(COC(=O)[C@@H](C2CCCCC2)N2C[C@H](CN3CCC(CCCc4ccccn4)CC3)[C@@H](c3ccccc3)C2)cc1. The normalized spacial score (nSPS) is 22.5. The molecule has 6 heteroatoms. The van der Waals surface area contributed by atoms with E-state index in [0.29, 0.717) is 24.4 Å². The van der Waals surface area contributed by atoms with Crippen molar-refractivity contribution in [3.05, 3.63) is 95.8 Å². The van der Waals surface area contributed by atoms with Gasteiger partial charge in [-0.25, -0.2) is 0 Å². The summed E-state index contributed by atoms with van der Waals surface area (Å²) in [4.78, 5) is 23.7. The molecule has 1 aromatic heterocycles. The molecule has 1 aliphatic carbocycles. The van der Waals surface area contributed by atoms with Gasteiger partial charge in [-0.1, -0.05) is 67.8 Å². The Morgan fingerprint density at radius 1 is 0.891 bits per heavy atom. The molecular weight excluding hydrogens is 570 g/mol. The Balaban J connectivity index is 1.09. The van der Waals surface area contributed by atoms with Crippen LogP contribution in [0.5, 0.6) is 5.75 Å². The molecule has 1 saturated carbocycles. The lowest BCUT2D eigenvalue weighted by Gasteiger charge is -2.36. The number of carbonyl (C=O) groups is 1. The number of benzene rings is 2. The van der Waals surface area contributed by atoms with E-state index in [2.05, 4.69) is 57.2 Å². The summed E-state index contributed by atoms with van der Waals surface area (Å²) in [5, 5.41) is 0. The lowest BCUT2D eigenvalue weighted by atomic mass is 9.83. The third-order valence-corrected chi connectivity index (χ3v) is 10.9. The molecule has 6 nitrogen and oxygen atoms in total. The van der Waals surface area contributed by atoms with Gasteiger partial charge in [0.15, 0.2) is 0 Å². The van der Waals surface area contributed by atoms with Gasteiger partial charge in [0.05, 0.1) is 7.11 Å². The average molecular weight is 624 g/mol. The van der Waals surface area contributed by atoms with Gasteiger partial charge < -0.3 is 14.4 Å². The van der Waals surface area contributed by atoms with E-state index in [0.717, 1.165) is 56.1 Å². The summed E-state index contributed by atoms with van der Waals surface area (Å²) >= 11 is 0. The summed E-state index contributed by atoms with van der Waals surface area (Å²) in [6.45, 7) is 5.67. The van der Waals surface area contributed by atoms with E-state index in [1.807, 2.05) is 36.5 Å². The number of methoxy groups -OCH3 is 1. The monoisotopic (exact) mass is 623 g/mol. The van der Waals surface area contributed by atoms with Gasteiger partial charge >= 0.3 is 5.97 Å². The maximum Gasteiger partial charge on any atom is 0.323 e. The average Bonchev–Trinajstić information content (AvgIpc) is 3.52. The lowest BCUT2D eigenvalue weighted by molar-refractivity contribution is -0.154. The maximum absolute atomic E-state index is 14.0. The van der Waals surface area contributed by atoms with Gasteiger partial charge in [0.25, 0.3) is 0 Å². The fourth-order valence-electron chi connectivity index (χ4n) is 8.35. The van der Waals surface area contributed by atoms with Crippen molar-refractivity contribution >= 4 is 5.97 Å². The molecule has 0 bridgehead atoms. The molecule has 3 atom stereocenters. The molecule has 46 heavy (non-hydrogen) atoms. The van der Waals surface area contributed by atoms with Crippen LogP contribution in [-0.4, -0.2) is 66.6 Å². The highest BCUT2D eigenvalue weighted by molar-refractivity contribution is 5.76. The van der Waals surface area contributed by atoms with Crippen LogP contribution < -0.4 is 4.74 Å². The highest BCUT2D eigenvalue weighted by atomic mass is 16.5. The van der Waals surface area contributed by atoms with E-state index in [1.54, 1.807) is 7.11 Å². The first-order valence-electron chi connectivity index (χ1n) is 17.9. The zero-order chi connectivity index (χ0) is 31.6. The van der Waals surface area contributed by atoms with Gasteiger partial charge in [-0.15, -0.1) is 0 Å². The van der Waals surface area contributed by atoms with Gasteiger partial charge in [-0.2, -0.15) is 0 Å². The summed E-state index contributed by atoms with van der Waals surface area (Å²) in [6, 6.07) is 25.0. The van der Waals surface area contributed by atoms with Crippen LogP contribution in [0.3, 0.4) is 0 Å². The number of likely N-dealkylation sites (tertiary alicyclic amines) is 2. The second-order valence-corrected chi connectivity index (χ2v) is 14.0. The van der Waals surface area contributed by atoms with E-state index in [9.17, 15) is 4.79 Å². The summed E-state index contributed by atoms with van der Waals surface area (Å²) in [5.74, 6) is 2.90. The van der Waals surface area contributed by atoms with Crippen molar-refractivity contribution in [2.75, 3.05) is 39.8 Å². The van der Waals surface area contributed by atoms with Gasteiger partial charge in [-0.05, 0) is 111 Å². The third-order valence-electron chi connectivity index (χ3n) is 10.9. The minimum atomic E-state index is -0.167. The maximum atomic E-state index is 14.0. The first kappa shape index (κ1) is 32.7. The van der Waals surface area contributed by atoms with E-state index in [-0.39, 0.29) is 12.0 Å². The number of hydrogen-bond acceptors (Lipinski definition) is 6. The predicted octanol–water partition coefficient (Wildman–Crippen LogP) is 7.53. The molecular formula is C40H53N3O3. The Kier molecular flexibility index (Phi) is 11.8. The number of aromatic nitrogens is 1. The second-order valence-electron chi connectivity index (χ2n) is 14.0. The molecule has 3 aliphatic rings. The molecule has 2 aromatic carbocycles. The minimum absolute atomic E-state index is 0.0401. The topological polar surface area (TPSA) is 54.9 Å². The largest absolute Gasteiger partial charge is 0.497 e. The van der Waals surface area contributed by atoms with E-state index in [4.69, 9.17) is 9.47 Å². The first-order valence-corrected chi connectivity index (χ1v) is 17.9. The van der Waals surface area contributed by atoms with Crippen molar-refractivity contribution in [1.29, 1.82) is 0 Å². The number of rotatable bonds is 13. The minimum Gasteiger partial charge on any atom is -0.497 e. The molecule has 0 unspecified atom stereocenters. The van der Waals surface area contributed by atoms with Crippen LogP contribution in [0.1, 0.15) is 80.5 Å². The number of carbonyl (C=O) groups excluding carboxylic acids is 1. The standard InChI is InChI=1S/C40H53N3O3/c1-45-37-20-18-32(19-21-37)30-46-40(44)39(34-14-6-3-7-15-34)43-28-35(38(29-43)33-12-4-2-5-13-33)27-42-25-22-31(23-26-42)11-10-17-36-16-8-9-24-41-36/h2,4-5,8-9,12-13,16,18-21,24,31,34-35,38-39H,3,6-7,10-11,14-15,17,22-23,25-30H2,1H3/t35-,38+,39+/m0/s1. The highest BCUT2D eigenvalue weighted by Gasteiger charge is 2.44. The molecule has 0 radical (unpaired) electrons. The number of aryl methyl sites for hydroxylation is 1. The van der Waals surface area contributed by atoms with Crippen LogP contribution in [0.4, 0.5) is 0 Å². The summed E-state index contributed by atoms with van der Waals surface area (Å²) in [6.07, 6.45) is 14.0. The van der Waals surface area contributed by atoms with Gasteiger partial charge in [0.1, 0.15) is 18.4 Å². The molecule has 0 spiro atoms. The van der Waals surface area contributed by atoms with Crippen molar-refractivity contribution in [2.24, 2.45) is 17.8 Å². The van der Waals surface area contributed by atoms with Crippen molar-refractivity contribution in [3.63, 3.8) is 0 Å². The van der Waals surface area contributed by atoms with Gasteiger partial charge in [-0.3, -0.25) is 14.7 Å². The molecule has 0 amide bonds. The Morgan fingerprint density at radius 3 is 2.37 bits per heavy atom. The molecule has 2 saturated heterocycles. The van der Waals surface area contributed by atoms with Gasteiger partial charge in [0.2, 0.25) is 0 Å². The quantitative estimate of drug-likeness (QED) is 0.184. The Labute approximate surface area is 276 Å². The number of esters is 1.